The summed E-state index contributed by atoms with van der Waals surface area (Å²) < 4.78 is 0. The molecule has 0 heterocycles. The average Bonchev–Trinajstić information content (AvgIpc) is 3.32. The minimum atomic E-state index is 1.04. The van der Waals surface area contributed by atoms with Gasteiger partial charge in [0.15, 0.2) is 0 Å². The van der Waals surface area contributed by atoms with Gasteiger partial charge in [-0.25, -0.2) is 0 Å². The first kappa shape index (κ1) is 36.1. The molecule has 0 aromatic heterocycles. The molecule has 0 saturated carbocycles. The minimum absolute atomic E-state index is 1.04. The summed E-state index contributed by atoms with van der Waals surface area (Å²) in [6.07, 6.45) is 24.6. The van der Waals surface area contributed by atoms with E-state index in [9.17, 15) is 0 Å². The molecule has 258 valence electrons. The Hall–Kier alpha value is -5.72. The van der Waals surface area contributed by atoms with Gasteiger partial charge >= 0.3 is 0 Å². The third-order valence-electron chi connectivity index (χ3n) is 9.89. The van der Waals surface area contributed by atoms with Crippen LogP contribution in [0.1, 0.15) is 76.6 Å². The molecule has 0 spiro atoms. The lowest BCUT2D eigenvalue weighted by Gasteiger charge is -2.21. The van der Waals surface area contributed by atoms with Crippen molar-refractivity contribution in [3.63, 3.8) is 0 Å². The van der Waals surface area contributed by atoms with E-state index in [-0.39, 0.29) is 0 Å². The SMILES string of the molecule is CC.CC(C)=C1\C=C/C=C\C=C/C=C\1c1c2c(c(-c3cccc(/C(C)=C/C(=C(\C)c4ccccc4)c4ccccc4)c3)c3ccccc13)=CCCC=2. The normalized spacial score (nSPS) is 17.2. The summed E-state index contributed by atoms with van der Waals surface area (Å²) in [7, 11) is 0. The van der Waals surface area contributed by atoms with Crippen molar-refractivity contribution in [1.29, 1.82) is 0 Å². The van der Waals surface area contributed by atoms with Gasteiger partial charge in [-0.2, -0.15) is 0 Å². The van der Waals surface area contributed by atoms with Crippen molar-refractivity contribution in [2.45, 2.75) is 54.4 Å². The molecule has 0 bridgehead atoms. The van der Waals surface area contributed by atoms with Crippen LogP contribution in [0.2, 0.25) is 0 Å². The molecule has 2 aliphatic rings. The van der Waals surface area contributed by atoms with E-state index in [0.29, 0.717) is 0 Å². The molecule has 0 saturated heterocycles. The fraction of sp³-hybridized carbons (Fsp3) is 0.154. The Morgan fingerprint density at radius 3 is 1.77 bits per heavy atom. The number of hydrogen-bond donors (Lipinski definition) is 0. The number of benzene rings is 5. The van der Waals surface area contributed by atoms with Gasteiger partial charge in [-0.15, -0.1) is 0 Å². The van der Waals surface area contributed by atoms with Crippen LogP contribution in [0.15, 0.2) is 169 Å². The highest BCUT2D eigenvalue weighted by atomic mass is 14.2. The van der Waals surface area contributed by atoms with Crippen molar-refractivity contribution in [2.24, 2.45) is 0 Å². The highest BCUT2D eigenvalue weighted by molar-refractivity contribution is 6.06. The first-order valence-electron chi connectivity index (χ1n) is 18.8. The van der Waals surface area contributed by atoms with E-state index in [1.165, 1.54) is 88.0 Å². The maximum Gasteiger partial charge on any atom is -0.00237 e. The Bertz CT molecular complexity index is 2410. The number of fused-ring (bicyclic) bond motifs is 2. The standard InChI is InChI=1S/C50H44.C2H6/c1-35(2)42-27-14-6-5-7-15-28-43(42)50-46-31-18-16-29-44(46)49(45-30-17-19-32-47(45)50)41-26-20-25-40(34-41)36(3)33-48(39-23-12-9-13-24-39)37(4)38-21-10-8-11-22-38;1-2/h5-16,18,20-34H,17,19H2,1-4H3;1-2H3/b6-5-,15-7-,27-14-,36-33+,43-28+,48-37-;. The fourth-order valence-corrected chi connectivity index (χ4v) is 7.38. The molecule has 5 aromatic carbocycles. The predicted molar refractivity (Wildman–Crippen MR) is 231 cm³/mol. The molecule has 7 rings (SSSR count). The molecular weight excluding hydrogens is 625 g/mol. The highest BCUT2D eigenvalue weighted by Gasteiger charge is 2.19. The van der Waals surface area contributed by atoms with Crippen LogP contribution in [0.3, 0.4) is 0 Å². The van der Waals surface area contributed by atoms with Crippen LogP contribution in [0.25, 0.3) is 56.3 Å². The summed E-state index contributed by atoms with van der Waals surface area (Å²) in [6, 6.07) is 39.7. The van der Waals surface area contributed by atoms with Crippen LogP contribution >= 0.6 is 0 Å². The second-order valence-corrected chi connectivity index (χ2v) is 13.4. The third-order valence-corrected chi connectivity index (χ3v) is 9.89. The van der Waals surface area contributed by atoms with E-state index in [1.54, 1.807) is 0 Å². The van der Waals surface area contributed by atoms with Gasteiger partial charge in [-0.1, -0.05) is 183 Å². The summed E-state index contributed by atoms with van der Waals surface area (Å²) in [5.74, 6) is 0. The Labute approximate surface area is 311 Å². The third kappa shape index (κ3) is 7.63. The first-order valence-corrected chi connectivity index (χ1v) is 18.8. The predicted octanol–water partition coefficient (Wildman–Crippen LogP) is 13.3. The smallest absolute Gasteiger partial charge is 0.00237 e. The molecule has 5 aromatic rings. The summed E-state index contributed by atoms with van der Waals surface area (Å²) in [5.41, 5.74) is 15.2. The molecule has 0 amide bonds. The van der Waals surface area contributed by atoms with Crippen LogP contribution in [-0.4, -0.2) is 0 Å². The molecule has 0 atom stereocenters. The van der Waals surface area contributed by atoms with Gasteiger partial charge in [0.05, 0.1) is 0 Å². The Morgan fingerprint density at radius 1 is 0.538 bits per heavy atom. The monoisotopic (exact) mass is 674 g/mol. The maximum atomic E-state index is 2.47. The highest BCUT2D eigenvalue weighted by Crippen LogP contribution is 2.36. The topological polar surface area (TPSA) is 0 Å². The lowest BCUT2D eigenvalue weighted by atomic mass is 9.83. The average molecular weight is 675 g/mol. The molecule has 0 unspecified atom stereocenters. The molecule has 0 N–H and O–H groups in total. The largest absolute Gasteiger partial charge is 0.0757 e. The van der Waals surface area contributed by atoms with Crippen molar-refractivity contribution in [1.82, 2.24) is 0 Å². The lowest BCUT2D eigenvalue weighted by molar-refractivity contribution is 1.12. The summed E-state index contributed by atoms with van der Waals surface area (Å²) in [4.78, 5) is 0. The maximum absolute atomic E-state index is 2.47. The Kier molecular flexibility index (Phi) is 11.8. The lowest BCUT2D eigenvalue weighted by Crippen LogP contribution is -2.33. The quantitative estimate of drug-likeness (QED) is 0.124. The summed E-state index contributed by atoms with van der Waals surface area (Å²) >= 11 is 0. The second kappa shape index (κ2) is 17.0. The van der Waals surface area contributed by atoms with E-state index in [0.717, 1.165) is 12.8 Å². The van der Waals surface area contributed by atoms with Gasteiger partial charge in [0.1, 0.15) is 0 Å². The van der Waals surface area contributed by atoms with Crippen LogP contribution in [0.4, 0.5) is 0 Å². The minimum Gasteiger partial charge on any atom is -0.0757 e. The molecular formula is C52H50. The van der Waals surface area contributed by atoms with Crippen LogP contribution in [-0.2, 0) is 0 Å². The first-order chi connectivity index (χ1) is 25.5. The zero-order valence-corrected chi connectivity index (χ0v) is 31.6. The Morgan fingerprint density at radius 2 is 1.10 bits per heavy atom. The molecule has 0 nitrogen and oxygen atoms in total. The zero-order valence-electron chi connectivity index (χ0n) is 31.6. The number of allylic oxidation sites excluding steroid dienone is 14. The van der Waals surface area contributed by atoms with Crippen LogP contribution in [0, 0.1) is 0 Å². The number of hydrogen-bond acceptors (Lipinski definition) is 0. The van der Waals surface area contributed by atoms with E-state index in [1.807, 2.05) is 13.8 Å². The van der Waals surface area contributed by atoms with Gasteiger partial charge in [0.2, 0.25) is 0 Å². The fourth-order valence-electron chi connectivity index (χ4n) is 7.38. The zero-order chi connectivity index (χ0) is 36.5. The van der Waals surface area contributed by atoms with Gasteiger partial charge < -0.3 is 0 Å². The second-order valence-electron chi connectivity index (χ2n) is 13.4. The number of rotatable bonds is 6. The van der Waals surface area contributed by atoms with Crippen molar-refractivity contribution < 1.29 is 0 Å². The van der Waals surface area contributed by atoms with Crippen molar-refractivity contribution in [3.8, 4) is 11.1 Å². The molecule has 0 heteroatoms. The molecule has 0 aliphatic heterocycles. The molecule has 0 fully saturated rings. The van der Waals surface area contributed by atoms with E-state index >= 15 is 0 Å². The van der Waals surface area contributed by atoms with Gasteiger partial charge in [0, 0.05) is 0 Å². The van der Waals surface area contributed by atoms with Crippen molar-refractivity contribution in [3.05, 3.63) is 202 Å². The molecule has 52 heavy (non-hydrogen) atoms. The summed E-state index contributed by atoms with van der Waals surface area (Å²) in [5, 5.41) is 5.26. The van der Waals surface area contributed by atoms with Crippen molar-refractivity contribution in [2.75, 3.05) is 0 Å². The van der Waals surface area contributed by atoms with E-state index in [2.05, 4.69) is 198 Å². The van der Waals surface area contributed by atoms with Gasteiger partial charge in [-0.05, 0) is 129 Å². The van der Waals surface area contributed by atoms with Crippen LogP contribution < -0.4 is 10.4 Å². The van der Waals surface area contributed by atoms with Crippen molar-refractivity contribution >= 4 is 45.2 Å². The van der Waals surface area contributed by atoms with E-state index in [4.69, 9.17) is 0 Å². The van der Waals surface area contributed by atoms with Crippen LogP contribution in [0.5, 0.6) is 0 Å². The van der Waals surface area contributed by atoms with Gasteiger partial charge in [-0.3, -0.25) is 0 Å². The van der Waals surface area contributed by atoms with Gasteiger partial charge in [0.25, 0.3) is 0 Å². The van der Waals surface area contributed by atoms with E-state index < -0.39 is 0 Å². The summed E-state index contributed by atoms with van der Waals surface area (Å²) in [6.45, 7) is 12.9. The molecule has 0 radical (unpaired) electrons. The molecule has 2 aliphatic carbocycles. The Balaban J connectivity index is 0.00000228.